The second-order valence-corrected chi connectivity index (χ2v) is 10.7. The van der Waals surface area contributed by atoms with E-state index in [4.69, 9.17) is 10.7 Å². The number of nitrogen functional groups attached to an aromatic ring is 1. The number of hydrogen-bond acceptors (Lipinski definition) is 6. The van der Waals surface area contributed by atoms with Crippen LogP contribution in [0, 0.1) is 5.92 Å². The van der Waals surface area contributed by atoms with Gasteiger partial charge < -0.3 is 16.4 Å². The van der Waals surface area contributed by atoms with E-state index in [-0.39, 0.29) is 35.2 Å². The number of halogens is 3. The summed E-state index contributed by atoms with van der Waals surface area (Å²) in [5, 5.41) is 5.63. The number of hydrogen-bond donors (Lipinski definition) is 3. The number of carbonyl (C=O) groups excluding carboxylic acids is 2. The van der Waals surface area contributed by atoms with Crippen molar-refractivity contribution in [1.29, 1.82) is 0 Å². The van der Waals surface area contributed by atoms with Crippen LogP contribution < -0.4 is 16.4 Å². The van der Waals surface area contributed by atoms with Gasteiger partial charge in [-0.1, -0.05) is 18.6 Å². The summed E-state index contributed by atoms with van der Waals surface area (Å²) in [7, 11) is 0. The van der Waals surface area contributed by atoms with Crippen molar-refractivity contribution in [3.05, 3.63) is 71.9 Å². The van der Waals surface area contributed by atoms with Crippen LogP contribution in [0.2, 0.25) is 0 Å². The van der Waals surface area contributed by atoms with Gasteiger partial charge in [0.1, 0.15) is 28.7 Å². The summed E-state index contributed by atoms with van der Waals surface area (Å²) < 4.78 is 41.0. The molecule has 2 atom stereocenters. The van der Waals surface area contributed by atoms with E-state index in [9.17, 15) is 22.8 Å². The van der Waals surface area contributed by atoms with E-state index < -0.39 is 17.6 Å². The van der Waals surface area contributed by atoms with E-state index in [0.717, 1.165) is 62.7 Å². The summed E-state index contributed by atoms with van der Waals surface area (Å²) in [6.45, 7) is 0. The van der Waals surface area contributed by atoms with Crippen LogP contribution in [-0.4, -0.2) is 37.2 Å². The molecule has 4 aromatic rings. The van der Waals surface area contributed by atoms with Gasteiger partial charge in [0.2, 0.25) is 5.91 Å². The minimum absolute atomic E-state index is 0.0981. The quantitative estimate of drug-likeness (QED) is 0.296. The number of carbonyl (C=O) groups is 2. The number of amides is 2. The van der Waals surface area contributed by atoms with Gasteiger partial charge in [-0.05, 0) is 56.4 Å². The summed E-state index contributed by atoms with van der Waals surface area (Å²) in [6.07, 6.45) is 5.45. The van der Waals surface area contributed by atoms with Crippen molar-refractivity contribution in [2.75, 3.05) is 11.1 Å². The van der Waals surface area contributed by atoms with Crippen molar-refractivity contribution in [2.45, 2.75) is 56.7 Å². The molecule has 3 aromatic heterocycles. The first kappa shape index (κ1) is 26.7. The number of aromatic nitrogens is 4. The first-order chi connectivity index (χ1) is 19.7. The van der Waals surface area contributed by atoms with Crippen molar-refractivity contribution < 1.29 is 22.8 Å². The molecule has 9 nitrogen and oxygen atoms in total. The molecule has 41 heavy (non-hydrogen) atoms. The van der Waals surface area contributed by atoms with E-state index in [1.807, 2.05) is 10.6 Å². The summed E-state index contributed by atoms with van der Waals surface area (Å²) in [5.41, 5.74) is 7.60. The number of pyridine rings is 1. The van der Waals surface area contributed by atoms with Crippen LogP contribution in [0.25, 0.3) is 16.8 Å². The zero-order valence-electron chi connectivity index (χ0n) is 22.0. The van der Waals surface area contributed by atoms with Crippen LogP contribution in [0.15, 0.2) is 55.0 Å². The summed E-state index contributed by atoms with van der Waals surface area (Å²) in [6, 6.07) is 8.29. The Morgan fingerprint density at radius 2 is 1.78 bits per heavy atom. The lowest BCUT2D eigenvalue weighted by atomic mass is 9.85. The van der Waals surface area contributed by atoms with Crippen LogP contribution >= 0.6 is 0 Å². The van der Waals surface area contributed by atoms with Crippen LogP contribution in [-0.2, 0) is 11.0 Å². The summed E-state index contributed by atoms with van der Waals surface area (Å²) >= 11 is 0. The fourth-order valence-corrected chi connectivity index (χ4v) is 5.44. The lowest BCUT2D eigenvalue weighted by Crippen LogP contribution is -2.39. The first-order valence-corrected chi connectivity index (χ1v) is 13.5. The molecule has 0 saturated heterocycles. The number of nitrogens with zero attached hydrogens (tertiary/aromatic N) is 4. The normalized spacial score (nSPS) is 19.2. The Morgan fingerprint density at radius 3 is 2.51 bits per heavy atom. The predicted molar refractivity (Wildman–Crippen MR) is 146 cm³/mol. The highest BCUT2D eigenvalue weighted by molar-refractivity contribution is 6.04. The molecule has 2 saturated carbocycles. The molecule has 0 spiro atoms. The van der Waals surface area contributed by atoms with Gasteiger partial charge >= 0.3 is 6.18 Å². The Bertz CT molecular complexity index is 1610. The number of rotatable bonds is 6. The van der Waals surface area contributed by atoms with Gasteiger partial charge in [0, 0.05) is 47.6 Å². The van der Waals surface area contributed by atoms with Gasteiger partial charge in [-0.3, -0.25) is 14.0 Å². The highest BCUT2D eigenvalue weighted by Gasteiger charge is 2.34. The molecule has 4 N–H and O–H groups in total. The van der Waals surface area contributed by atoms with Crippen LogP contribution in [0.4, 0.5) is 24.8 Å². The molecule has 2 amide bonds. The highest BCUT2D eigenvalue weighted by Crippen LogP contribution is 2.38. The Labute approximate surface area is 233 Å². The molecule has 1 unspecified atom stereocenters. The third-order valence-corrected chi connectivity index (χ3v) is 7.69. The SMILES string of the molecule is Nc1nccn2c([C@@H]3CCCC(NC(=O)C4CC4)C3)nc(-c3ccc(C(=O)Nc4cc(C(F)(F)F)ccn4)cc3)c12. The lowest BCUT2D eigenvalue weighted by molar-refractivity contribution is -0.137. The molecule has 0 bridgehead atoms. The minimum atomic E-state index is -4.55. The van der Waals surface area contributed by atoms with Gasteiger partial charge in [-0.2, -0.15) is 13.2 Å². The number of alkyl halides is 3. The Kier molecular flexibility index (Phi) is 6.84. The minimum Gasteiger partial charge on any atom is -0.382 e. The van der Waals surface area contributed by atoms with Gasteiger partial charge in [-0.15, -0.1) is 0 Å². The average Bonchev–Trinajstić information content (AvgIpc) is 3.74. The van der Waals surface area contributed by atoms with Crippen molar-refractivity contribution in [2.24, 2.45) is 5.92 Å². The van der Waals surface area contributed by atoms with Crippen molar-refractivity contribution in [3.63, 3.8) is 0 Å². The maximum absolute atomic E-state index is 13.0. The number of benzene rings is 1. The van der Waals surface area contributed by atoms with E-state index in [1.54, 1.807) is 30.5 Å². The van der Waals surface area contributed by atoms with E-state index >= 15 is 0 Å². The average molecular weight is 564 g/mol. The molecule has 6 rings (SSSR count). The fourth-order valence-electron chi connectivity index (χ4n) is 5.44. The van der Waals surface area contributed by atoms with Crippen LogP contribution in [0.5, 0.6) is 0 Å². The van der Waals surface area contributed by atoms with Gasteiger partial charge in [-0.25, -0.2) is 15.0 Å². The standard InChI is InChI=1S/C29H28F3N7O2/c30-29(31,32)20-10-11-34-22(15-20)37-28(41)18-6-4-16(5-7-18)23-24-25(33)35-12-13-39(24)26(38-23)19-2-1-3-21(14-19)36-27(40)17-8-9-17/h4-7,10-13,15,17,19,21H,1-3,8-9,14H2,(H2,33,35)(H,36,40)(H,34,37,41)/t19-,21?/m1/s1. The van der Waals surface area contributed by atoms with Crippen LogP contribution in [0.1, 0.15) is 66.2 Å². The summed E-state index contributed by atoms with van der Waals surface area (Å²) in [4.78, 5) is 38.2. The molecule has 0 radical (unpaired) electrons. The van der Waals surface area contributed by atoms with Crippen molar-refractivity contribution in [1.82, 2.24) is 24.7 Å². The van der Waals surface area contributed by atoms with Gasteiger partial charge in [0.05, 0.1) is 5.56 Å². The molecular formula is C29H28F3N7O2. The van der Waals surface area contributed by atoms with Gasteiger partial charge in [0.15, 0.2) is 0 Å². The smallest absolute Gasteiger partial charge is 0.382 e. The summed E-state index contributed by atoms with van der Waals surface area (Å²) in [5.74, 6) is 0.775. The largest absolute Gasteiger partial charge is 0.416 e. The van der Waals surface area contributed by atoms with E-state index in [1.165, 1.54) is 0 Å². The maximum atomic E-state index is 13.0. The fraction of sp³-hybridized carbons (Fsp3) is 0.345. The highest BCUT2D eigenvalue weighted by atomic mass is 19.4. The number of anilines is 2. The first-order valence-electron chi connectivity index (χ1n) is 13.5. The topological polar surface area (TPSA) is 127 Å². The Balaban J connectivity index is 1.24. The molecule has 2 aliphatic carbocycles. The Morgan fingerprint density at radius 1 is 1.00 bits per heavy atom. The zero-order valence-corrected chi connectivity index (χ0v) is 22.0. The molecule has 2 fully saturated rings. The van der Waals surface area contributed by atoms with Gasteiger partial charge in [0.25, 0.3) is 5.91 Å². The number of nitrogens with one attached hydrogen (secondary N) is 2. The van der Waals surface area contributed by atoms with Crippen molar-refractivity contribution >= 4 is 29.0 Å². The second-order valence-electron chi connectivity index (χ2n) is 10.7. The lowest BCUT2D eigenvalue weighted by Gasteiger charge is -2.29. The Hall–Kier alpha value is -4.48. The van der Waals surface area contributed by atoms with Crippen LogP contribution in [0.3, 0.4) is 0 Å². The third kappa shape index (κ3) is 5.59. The third-order valence-electron chi connectivity index (χ3n) is 7.69. The number of imidazole rings is 1. The maximum Gasteiger partial charge on any atom is 0.416 e. The second kappa shape index (κ2) is 10.5. The van der Waals surface area contributed by atoms with E-state index in [2.05, 4.69) is 20.6 Å². The van der Waals surface area contributed by atoms with E-state index in [0.29, 0.717) is 22.6 Å². The molecule has 0 aliphatic heterocycles. The predicted octanol–water partition coefficient (Wildman–Crippen LogP) is 5.20. The molecule has 212 valence electrons. The zero-order chi connectivity index (χ0) is 28.7. The molecule has 2 aliphatic rings. The molecule has 12 heteroatoms. The number of nitrogens with two attached hydrogens (primary N) is 1. The molecular weight excluding hydrogens is 535 g/mol. The van der Waals surface area contributed by atoms with Crippen molar-refractivity contribution in [3.8, 4) is 11.3 Å². The molecule has 1 aromatic carbocycles. The molecule has 3 heterocycles. The monoisotopic (exact) mass is 563 g/mol. The number of fused-ring (bicyclic) bond motifs is 1.